The highest BCUT2D eigenvalue weighted by Crippen LogP contribution is 2.40. The molecule has 0 amide bonds. The maximum Gasteiger partial charge on any atom is 0.334 e. The highest BCUT2D eigenvalue weighted by Gasteiger charge is 2.41. The van der Waals surface area contributed by atoms with Gasteiger partial charge in [0.05, 0.1) is 10.5 Å². The zero-order chi connectivity index (χ0) is 19.6. The van der Waals surface area contributed by atoms with E-state index in [9.17, 15) is 20.0 Å². The Kier molecular flexibility index (Phi) is 5.05. The van der Waals surface area contributed by atoms with Gasteiger partial charge in [0, 0.05) is 17.8 Å². The number of carboxylic acids is 1. The van der Waals surface area contributed by atoms with Crippen molar-refractivity contribution in [2.75, 3.05) is 0 Å². The Morgan fingerprint density at radius 2 is 1.81 bits per heavy atom. The summed E-state index contributed by atoms with van der Waals surface area (Å²) in [6.45, 7) is 1.98. The number of nitrogens with two attached hydrogens (primary N) is 1. The van der Waals surface area contributed by atoms with Crippen LogP contribution in [-0.2, 0) is 11.3 Å². The van der Waals surface area contributed by atoms with Crippen molar-refractivity contribution >= 4 is 11.7 Å². The Morgan fingerprint density at radius 3 is 2.33 bits per heavy atom. The maximum atomic E-state index is 12.0. The summed E-state index contributed by atoms with van der Waals surface area (Å²) < 4.78 is 0. The molecule has 27 heavy (non-hydrogen) atoms. The molecule has 0 bridgehead atoms. The number of nitrogens with zero attached hydrogens (tertiary/aromatic N) is 1. The molecule has 0 aliphatic carbocycles. The van der Waals surface area contributed by atoms with Crippen molar-refractivity contribution in [3.63, 3.8) is 0 Å². The second-order valence-corrected chi connectivity index (χ2v) is 6.23. The number of nitro groups is 1. The van der Waals surface area contributed by atoms with E-state index >= 15 is 0 Å². The summed E-state index contributed by atoms with van der Waals surface area (Å²) in [5, 5.41) is 24.6. The number of allylic oxidation sites excluding steroid dienone is 2. The summed E-state index contributed by atoms with van der Waals surface area (Å²) in [5.74, 6) is -2.17. The van der Waals surface area contributed by atoms with Crippen LogP contribution in [0.5, 0.6) is 0 Å². The zero-order valence-corrected chi connectivity index (χ0v) is 14.7. The van der Waals surface area contributed by atoms with Crippen LogP contribution in [-0.4, -0.2) is 16.0 Å². The molecule has 3 rings (SSSR count). The van der Waals surface area contributed by atoms with Gasteiger partial charge in [-0.05, 0) is 18.1 Å². The van der Waals surface area contributed by atoms with Gasteiger partial charge in [0.25, 0.3) is 5.70 Å². The highest BCUT2D eigenvalue weighted by molar-refractivity contribution is 5.92. The van der Waals surface area contributed by atoms with Gasteiger partial charge >= 0.3 is 5.97 Å². The number of hydrogen-bond donors (Lipinski definition) is 3. The summed E-state index contributed by atoms with van der Waals surface area (Å²) in [6.07, 6.45) is 0. The molecule has 1 atom stereocenters. The summed E-state index contributed by atoms with van der Waals surface area (Å²) >= 11 is 0. The van der Waals surface area contributed by atoms with Crippen LogP contribution >= 0.6 is 0 Å². The third-order valence-electron chi connectivity index (χ3n) is 4.57. The number of nitrogens with one attached hydrogen (secondary N) is 1. The Balaban J connectivity index is 2.25. The number of aliphatic carboxylic acids is 1. The Labute approximate surface area is 156 Å². The van der Waals surface area contributed by atoms with Gasteiger partial charge in [0.1, 0.15) is 11.6 Å². The van der Waals surface area contributed by atoms with Crippen LogP contribution in [0.4, 0.5) is 0 Å². The predicted molar refractivity (Wildman–Crippen MR) is 101 cm³/mol. The minimum atomic E-state index is -1.19. The average Bonchev–Trinajstić information content (AvgIpc) is 2.67. The monoisotopic (exact) mass is 365 g/mol. The van der Waals surface area contributed by atoms with E-state index in [0.29, 0.717) is 29.1 Å². The van der Waals surface area contributed by atoms with Crippen molar-refractivity contribution in [2.24, 2.45) is 5.73 Å². The van der Waals surface area contributed by atoms with Crippen molar-refractivity contribution in [1.29, 1.82) is 0 Å². The van der Waals surface area contributed by atoms with Gasteiger partial charge in [0.2, 0.25) is 0 Å². The van der Waals surface area contributed by atoms with Crippen LogP contribution in [0, 0.1) is 10.1 Å². The fourth-order valence-corrected chi connectivity index (χ4v) is 3.29. The lowest BCUT2D eigenvalue weighted by Gasteiger charge is -2.27. The van der Waals surface area contributed by atoms with E-state index in [-0.39, 0.29) is 11.3 Å². The van der Waals surface area contributed by atoms with Gasteiger partial charge in [-0.2, -0.15) is 0 Å². The summed E-state index contributed by atoms with van der Waals surface area (Å²) in [4.78, 5) is 23.4. The second-order valence-electron chi connectivity index (χ2n) is 6.23. The van der Waals surface area contributed by atoms with Crippen molar-refractivity contribution in [2.45, 2.75) is 19.4 Å². The molecule has 7 nitrogen and oxygen atoms in total. The highest BCUT2D eigenvalue weighted by atomic mass is 16.6. The van der Waals surface area contributed by atoms with Gasteiger partial charge in [-0.1, -0.05) is 54.6 Å². The third kappa shape index (κ3) is 3.45. The first-order chi connectivity index (χ1) is 12.9. The van der Waals surface area contributed by atoms with E-state index in [1.165, 1.54) is 0 Å². The van der Waals surface area contributed by atoms with Crippen molar-refractivity contribution in [1.82, 2.24) is 5.32 Å². The quantitative estimate of drug-likeness (QED) is 0.554. The number of rotatable bonds is 5. The van der Waals surface area contributed by atoms with E-state index < -0.39 is 16.8 Å². The molecule has 1 aliphatic rings. The van der Waals surface area contributed by atoms with Gasteiger partial charge in [-0.15, -0.1) is 0 Å². The van der Waals surface area contributed by atoms with Crippen LogP contribution in [0.25, 0.3) is 5.70 Å². The largest absolute Gasteiger partial charge is 0.478 e. The molecule has 0 radical (unpaired) electrons. The lowest BCUT2D eigenvalue weighted by Crippen LogP contribution is -2.31. The second kappa shape index (κ2) is 7.43. The number of carbonyl (C=O) groups is 1. The summed E-state index contributed by atoms with van der Waals surface area (Å²) in [7, 11) is 0. The molecule has 1 heterocycles. The molecule has 0 aromatic heterocycles. The average molecular weight is 365 g/mol. The molecule has 7 heteroatoms. The first kappa shape index (κ1) is 18.3. The standard InChI is InChI=1S/C20H19N3O4/c1-12-16(20(24)25)17(14-5-3-2-4-6-14)19(23(26)27)18(22-12)15-9-7-13(11-21)8-10-15/h2-10,17,22H,11,21H2,1H3,(H,24,25). The van der Waals surface area contributed by atoms with E-state index in [4.69, 9.17) is 5.73 Å². The number of hydrogen-bond acceptors (Lipinski definition) is 5. The van der Waals surface area contributed by atoms with Crippen molar-refractivity contribution in [3.8, 4) is 0 Å². The molecule has 0 fully saturated rings. The zero-order valence-electron chi connectivity index (χ0n) is 14.7. The lowest BCUT2D eigenvalue weighted by atomic mass is 9.83. The molecule has 138 valence electrons. The van der Waals surface area contributed by atoms with Crippen LogP contribution < -0.4 is 11.1 Å². The van der Waals surface area contributed by atoms with Crippen LogP contribution in [0.3, 0.4) is 0 Å². The van der Waals surface area contributed by atoms with Gasteiger partial charge in [-0.3, -0.25) is 10.1 Å². The molecular weight excluding hydrogens is 346 g/mol. The first-order valence-electron chi connectivity index (χ1n) is 8.38. The Morgan fingerprint density at radius 1 is 1.19 bits per heavy atom. The van der Waals surface area contributed by atoms with E-state index in [2.05, 4.69) is 5.32 Å². The topological polar surface area (TPSA) is 118 Å². The first-order valence-corrected chi connectivity index (χ1v) is 8.38. The maximum absolute atomic E-state index is 12.0. The smallest absolute Gasteiger partial charge is 0.334 e. The molecule has 1 unspecified atom stereocenters. The Hall–Kier alpha value is -3.45. The predicted octanol–water partition coefficient (Wildman–Crippen LogP) is 2.84. The SMILES string of the molecule is CC1=C(C(=O)O)C(c2ccccc2)C([N+](=O)[O-])=C(c2ccc(CN)cc2)N1. The summed E-state index contributed by atoms with van der Waals surface area (Å²) in [6, 6.07) is 15.7. The Bertz CT molecular complexity index is 947. The van der Waals surface area contributed by atoms with Gasteiger partial charge in [0.15, 0.2) is 0 Å². The molecule has 2 aromatic carbocycles. The van der Waals surface area contributed by atoms with Crippen molar-refractivity contribution < 1.29 is 14.8 Å². The van der Waals surface area contributed by atoms with E-state index in [1.54, 1.807) is 61.5 Å². The lowest BCUT2D eigenvalue weighted by molar-refractivity contribution is -0.428. The van der Waals surface area contributed by atoms with Gasteiger partial charge in [-0.25, -0.2) is 4.79 Å². The van der Waals surface area contributed by atoms with Crippen molar-refractivity contribution in [3.05, 3.63) is 98.4 Å². The number of benzene rings is 2. The molecule has 1 aliphatic heterocycles. The normalized spacial score (nSPS) is 16.9. The molecule has 0 saturated heterocycles. The summed E-state index contributed by atoms with van der Waals surface area (Å²) in [5.41, 5.74) is 8.11. The fraction of sp³-hybridized carbons (Fsp3) is 0.150. The minimum absolute atomic E-state index is 0.0322. The molecular formula is C20H19N3O4. The van der Waals surface area contributed by atoms with E-state index in [0.717, 1.165) is 5.56 Å². The van der Waals surface area contributed by atoms with Crippen LogP contribution in [0.1, 0.15) is 29.5 Å². The van der Waals surface area contributed by atoms with Crippen LogP contribution in [0.2, 0.25) is 0 Å². The molecule has 4 N–H and O–H groups in total. The fourth-order valence-electron chi connectivity index (χ4n) is 3.29. The third-order valence-corrected chi connectivity index (χ3v) is 4.57. The van der Waals surface area contributed by atoms with Gasteiger partial charge < -0.3 is 16.2 Å². The molecule has 2 aromatic rings. The minimum Gasteiger partial charge on any atom is -0.478 e. The number of carboxylic acid groups (broad SMARTS) is 1. The van der Waals surface area contributed by atoms with E-state index in [1.807, 2.05) is 0 Å². The molecule has 0 saturated carbocycles. The molecule has 0 spiro atoms. The van der Waals surface area contributed by atoms with Crippen LogP contribution in [0.15, 0.2) is 71.6 Å². The number of dihydropyridines is 1.